The Hall–Kier alpha value is 0.501. The van der Waals surface area contributed by atoms with Gasteiger partial charge in [0.1, 0.15) is 0 Å². The predicted molar refractivity (Wildman–Crippen MR) is 156 cm³/mol. The Morgan fingerprint density at radius 2 is 1.08 bits per heavy atom. The summed E-state index contributed by atoms with van der Waals surface area (Å²) in [7, 11) is -1.64. The second-order valence-corrected chi connectivity index (χ2v) is 15.3. The summed E-state index contributed by atoms with van der Waals surface area (Å²) in [6.07, 6.45) is 32.8. The molecule has 5 heteroatoms. The minimum Gasteiger partial charge on any atom is -1.00 e. The van der Waals surface area contributed by atoms with E-state index in [0.29, 0.717) is 0 Å². The molecule has 0 amide bonds. The van der Waals surface area contributed by atoms with Crippen LogP contribution in [0.2, 0.25) is 12.6 Å². The molecular formula is C33H55Cl3SiTi. The normalized spacial score (nSPS) is 13.7. The Morgan fingerprint density at radius 1 is 0.632 bits per heavy atom. The van der Waals surface area contributed by atoms with Crippen molar-refractivity contribution in [3.8, 4) is 0 Å². The van der Waals surface area contributed by atoms with E-state index in [4.69, 9.17) is 0 Å². The molecule has 0 radical (unpaired) electrons. The van der Waals surface area contributed by atoms with Gasteiger partial charge in [0.05, 0.1) is 0 Å². The summed E-state index contributed by atoms with van der Waals surface area (Å²) in [4.78, 5) is 0. The average Bonchev–Trinajstić information content (AvgIpc) is 3.33. The van der Waals surface area contributed by atoms with Crippen LogP contribution in [-0.4, -0.2) is 8.07 Å². The Kier molecular flexibility index (Phi) is 31.3. The molecule has 0 saturated heterocycles. The minimum atomic E-state index is -1.64. The number of rotatable bonds is 21. The van der Waals surface area contributed by atoms with E-state index in [-0.39, 0.29) is 58.9 Å². The van der Waals surface area contributed by atoms with Crippen molar-refractivity contribution >= 4 is 13.3 Å². The molecule has 38 heavy (non-hydrogen) atoms. The molecular weight excluding hydrogens is 579 g/mol. The third-order valence-corrected chi connectivity index (χ3v) is 12.6. The van der Waals surface area contributed by atoms with Crippen LogP contribution in [0.4, 0.5) is 0 Å². The maximum absolute atomic E-state index is 3.70. The van der Waals surface area contributed by atoms with Crippen LogP contribution < -0.4 is 42.4 Å². The summed E-state index contributed by atoms with van der Waals surface area (Å²) < 4.78 is 0. The molecule has 2 rings (SSSR count). The number of halogens is 3. The van der Waals surface area contributed by atoms with E-state index in [1.807, 2.05) is 0 Å². The largest absolute Gasteiger partial charge is 4.00 e. The van der Waals surface area contributed by atoms with Crippen LogP contribution in [0.25, 0.3) is 0 Å². The fourth-order valence-corrected chi connectivity index (χ4v) is 9.98. The van der Waals surface area contributed by atoms with Gasteiger partial charge >= 0.3 is 21.7 Å². The summed E-state index contributed by atoms with van der Waals surface area (Å²) in [5.41, 5.74) is 1.55. The van der Waals surface area contributed by atoms with Crippen LogP contribution in [0, 0.1) is 6.08 Å². The second kappa shape index (κ2) is 27.7. The van der Waals surface area contributed by atoms with E-state index in [1.54, 1.807) is 16.0 Å². The first-order valence-electron chi connectivity index (χ1n) is 15.1. The summed E-state index contributed by atoms with van der Waals surface area (Å²) >= 11 is 0. The maximum Gasteiger partial charge on any atom is 4.00 e. The molecule has 1 aromatic carbocycles. The van der Waals surface area contributed by atoms with Gasteiger partial charge in [-0.3, -0.25) is 6.08 Å². The van der Waals surface area contributed by atoms with Crippen LogP contribution in [0.3, 0.4) is 0 Å². The molecule has 216 valence electrons. The summed E-state index contributed by atoms with van der Waals surface area (Å²) in [6, 6.07) is 12.9. The van der Waals surface area contributed by atoms with Crippen molar-refractivity contribution in [2.24, 2.45) is 0 Å². The van der Waals surface area contributed by atoms with Gasteiger partial charge in [0.2, 0.25) is 0 Å². The number of hydrogen-bond acceptors (Lipinski definition) is 0. The van der Waals surface area contributed by atoms with Gasteiger partial charge in [0, 0.05) is 8.07 Å². The summed E-state index contributed by atoms with van der Waals surface area (Å²) in [6.45, 7) is 7.24. The molecule has 0 aliphatic heterocycles. The minimum absolute atomic E-state index is 0. The van der Waals surface area contributed by atoms with Crippen molar-refractivity contribution in [2.45, 2.75) is 148 Å². The number of unbranched alkanes of at least 4 members (excludes halogenated alkanes) is 15. The Balaban J connectivity index is -0.00000306. The van der Waals surface area contributed by atoms with Gasteiger partial charge < -0.3 is 37.2 Å². The smallest absolute Gasteiger partial charge is 1.00 e. The van der Waals surface area contributed by atoms with E-state index in [9.17, 15) is 0 Å². The number of allylic oxidation sites excluding steroid dienone is 4. The number of benzene rings is 1. The third kappa shape index (κ3) is 16.7. The van der Waals surface area contributed by atoms with Gasteiger partial charge in [0.15, 0.2) is 0 Å². The van der Waals surface area contributed by atoms with Crippen molar-refractivity contribution in [3.05, 3.63) is 53.3 Å². The zero-order valence-electron chi connectivity index (χ0n) is 24.7. The van der Waals surface area contributed by atoms with E-state index in [0.717, 1.165) is 6.42 Å². The van der Waals surface area contributed by atoms with Crippen LogP contribution >= 0.6 is 0 Å². The molecule has 1 unspecified atom stereocenters. The SMILES string of the molecule is CCCCCCCCCCCCCCCCCC[Si](C)(C1=CC[C-]=C1CCC)c1ccccc1.[Cl-].[Cl-].[Cl-].[Ti+4]. The molecule has 1 aliphatic carbocycles. The van der Waals surface area contributed by atoms with Crippen molar-refractivity contribution < 1.29 is 58.9 Å². The van der Waals surface area contributed by atoms with Crippen LogP contribution in [0.15, 0.2) is 47.2 Å². The molecule has 1 atom stereocenters. The molecule has 0 bridgehead atoms. The van der Waals surface area contributed by atoms with Crippen molar-refractivity contribution in [2.75, 3.05) is 0 Å². The molecule has 0 fully saturated rings. The van der Waals surface area contributed by atoms with Gasteiger partial charge in [-0.2, -0.15) is 11.3 Å². The first-order valence-corrected chi connectivity index (χ1v) is 17.8. The van der Waals surface area contributed by atoms with Gasteiger partial charge in [0.25, 0.3) is 0 Å². The second-order valence-electron chi connectivity index (χ2n) is 11.0. The quantitative estimate of drug-likeness (QED) is 0.110. The Labute approximate surface area is 272 Å². The molecule has 0 heterocycles. The summed E-state index contributed by atoms with van der Waals surface area (Å²) in [5.74, 6) is 0. The molecule has 0 aromatic heterocycles. The van der Waals surface area contributed by atoms with Gasteiger partial charge in [-0.25, -0.2) is 5.57 Å². The van der Waals surface area contributed by atoms with E-state index < -0.39 is 8.07 Å². The first-order chi connectivity index (χ1) is 16.7. The van der Waals surface area contributed by atoms with Gasteiger partial charge in [-0.1, -0.05) is 178 Å². The fraction of sp³-hybridized carbons (Fsp3) is 0.697. The van der Waals surface area contributed by atoms with Crippen molar-refractivity contribution in [1.29, 1.82) is 0 Å². The van der Waals surface area contributed by atoms with Gasteiger partial charge in [-0.15, -0.1) is 6.42 Å². The van der Waals surface area contributed by atoms with Crippen LogP contribution in [-0.2, 0) is 21.7 Å². The fourth-order valence-electron chi connectivity index (χ4n) is 5.79. The van der Waals surface area contributed by atoms with Crippen molar-refractivity contribution in [3.63, 3.8) is 0 Å². The third-order valence-electron chi connectivity index (χ3n) is 7.98. The molecule has 1 aliphatic rings. The molecule has 0 N–H and O–H groups in total. The molecule has 1 aromatic rings. The van der Waals surface area contributed by atoms with E-state index >= 15 is 0 Å². The maximum atomic E-state index is 3.70. The Bertz CT molecular complexity index is 707. The topological polar surface area (TPSA) is 0 Å². The average molecular weight is 634 g/mol. The molecule has 0 spiro atoms. The predicted octanol–water partition coefficient (Wildman–Crippen LogP) is 1.64. The van der Waals surface area contributed by atoms with E-state index in [1.165, 1.54) is 122 Å². The molecule has 0 nitrogen and oxygen atoms in total. The monoisotopic (exact) mass is 632 g/mol. The number of hydrogen-bond donors (Lipinski definition) is 0. The first kappa shape index (κ1) is 43.0. The zero-order valence-corrected chi connectivity index (χ0v) is 29.6. The summed E-state index contributed by atoms with van der Waals surface area (Å²) in [5, 5.41) is 3.33. The van der Waals surface area contributed by atoms with Gasteiger partial charge in [-0.05, 0) is 0 Å². The Morgan fingerprint density at radius 3 is 1.53 bits per heavy atom. The van der Waals surface area contributed by atoms with Crippen LogP contribution in [0.5, 0.6) is 0 Å². The van der Waals surface area contributed by atoms with Crippen LogP contribution in [0.1, 0.15) is 136 Å². The zero-order chi connectivity index (χ0) is 24.3. The van der Waals surface area contributed by atoms with Crippen molar-refractivity contribution in [1.82, 2.24) is 0 Å². The standard InChI is InChI=1S/C33H55Si.3ClH.Ti/c1-4-6-7-8-9-10-11-12-13-14-15-16-17-18-19-23-30-34(3,32-27-21-20-22-28-32)33-29-24-26-31(33)25-5-2;;;;/h20-22,27-29H,4-19,23-25,30H2,1-3H3;3*1H;/q-1;;;;+4/p-3. The van der Waals surface area contributed by atoms with E-state index in [2.05, 4.69) is 62.9 Å². The molecule has 0 saturated carbocycles.